The van der Waals surface area contributed by atoms with Gasteiger partial charge in [-0.05, 0) is 42.2 Å². The highest BCUT2D eigenvalue weighted by molar-refractivity contribution is 7.99. The Morgan fingerprint density at radius 3 is 2.60 bits per heavy atom. The molecular weight excluding hydrogens is 200 g/mol. The van der Waals surface area contributed by atoms with Crippen LogP contribution in [-0.2, 0) is 0 Å². The monoisotopic (exact) mass is 220 g/mol. The van der Waals surface area contributed by atoms with Crippen molar-refractivity contribution in [3.05, 3.63) is 35.9 Å². The summed E-state index contributed by atoms with van der Waals surface area (Å²) in [5.41, 5.74) is 1.56. The van der Waals surface area contributed by atoms with Crippen molar-refractivity contribution in [3.63, 3.8) is 0 Å². The van der Waals surface area contributed by atoms with Crippen LogP contribution in [0.2, 0.25) is 0 Å². The fraction of sp³-hybridized carbons (Fsp3) is 0.571. The number of rotatable bonds is 1. The second kappa shape index (κ2) is 6.22. The lowest BCUT2D eigenvalue weighted by atomic mass is 9.91. The van der Waals surface area contributed by atoms with Crippen molar-refractivity contribution in [2.75, 3.05) is 11.5 Å². The van der Waals surface area contributed by atoms with E-state index in [1.165, 1.54) is 43.6 Å². The van der Waals surface area contributed by atoms with Gasteiger partial charge in [-0.2, -0.15) is 11.8 Å². The van der Waals surface area contributed by atoms with Crippen molar-refractivity contribution in [2.45, 2.75) is 38.0 Å². The molecule has 0 nitrogen and oxygen atoms in total. The molecule has 1 heterocycles. The van der Waals surface area contributed by atoms with E-state index in [0.717, 1.165) is 5.92 Å². The molecule has 0 N–H and O–H groups in total. The van der Waals surface area contributed by atoms with Gasteiger partial charge in [0.15, 0.2) is 0 Å². The van der Waals surface area contributed by atoms with Crippen LogP contribution in [0.5, 0.6) is 0 Å². The summed E-state index contributed by atoms with van der Waals surface area (Å²) >= 11 is 2.14. The molecule has 1 saturated heterocycles. The summed E-state index contributed by atoms with van der Waals surface area (Å²) in [7, 11) is 0. The lowest BCUT2D eigenvalue weighted by Gasteiger charge is -2.15. The van der Waals surface area contributed by atoms with E-state index in [-0.39, 0.29) is 0 Å². The molecule has 1 heteroatoms. The van der Waals surface area contributed by atoms with E-state index in [9.17, 15) is 0 Å². The van der Waals surface area contributed by atoms with Gasteiger partial charge >= 0.3 is 0 Å². The van der Waals surface area contributed by atoms with Crippen LogP contribution in [0.25, 0.3) is 0 Å². The molecule has 2 rings (SSSR count). The van der Waals surface area contributed by atoms with Crippen molar-refractivity contribution in [3.8, 4) is 0 Å². The molecule has 0 aliphatic carbocycles. The molecule has 1 aromatic rings. The van der Waals surface area contributed by atoms with Gasteiger partial charge in [0.1, 0.15) is 0 Å². The highest BCUT2D eigenvalue weighted by Gasteiger charge is 2.12. The van der Waals surface area contributed by atoms with Crippen molar-refractivity contribution in [1.82, 2.24) is 0 Å². The molecule has 1 unspecified atom stereocenters. The molecule has 1 aromatic carbocycles. The van der Waals surface area contributed by atoms with Gasteiger partial charge in [0.25, 0.3) is 0 Å². The van der Waals surface area contributed by atoms with E-state index in [2.05, 4.69) is 42.1 Å². The van der Waals surface area contributed by atoms with E-state index in [1.54, 1.807) is 5.56 Å². The first-order valence-electron chi connectivity index (χ1n) is 6.09. The second-order valence-corrected chi connectivity index (χ2v) is 5.58. The third-order valence-corrected chi connectivity index (χ3v) is 4.32. The van der Waals surface area contributed by atoms with Gasteiger partial charge < -0.3 is 0 Å². The van der Waals surface area contributed by atoms with Gasteiger partial charge in [0.2, 0.25) is 0 Å². The molecule has 1 atom stereocenters. The minimum atomic E-state index is 0.816. The highest BCUT2D eigenvalue weighted by atomic mass is 32.2. The van der Waals surface area contributed by atoms with Gasteiger partial charge in [0.05, 0.1) is 0 Å². The lowest BCUT2D eigenvalue weighted by Crippen LogP contribution is -1.99. The maximum atomic E-state index is 2.30. The molecule has 0 amide bonds. The summed E-state index contributed by atoms with van der Waals surface area (Å²) in [5.74, 6) is 3.54. The molecule has 0 radical (unpaired) electrons. The first-order valence-corrected chi connectivity index (χ1v) is 7.25. The third-order valence-electron chi connectivity index (χ3n) is 3.22. The fourth-order valence-corrected chi connectivity index (χ4v) is 3.37. The van der Waals surface area contributed by atoms with Gasteiger partial charge in [-0.15, -0.1) is 0 Å². The summed E-state index contributed by atoms with van der Waals surface area (Å²) in [4.78, 5) is 0. The van der Waals surface area contributed by atoms with Gasteiger partial charge in [0, 0.05) is 0 Å². The van der Waals surface area contributed by atoms with Crippen molar-refractivity contribution >= 4 is 11.8 Å². The largest absolute Gasteiger partial charge is 0.162 e. The molecule has 0 saturated carbocycles. The predicted molar refractivity (Wildman–Crippen MR) is 69.6 cm³/mol. The quantitative estimate of drug-likeness (QED) is 0.673. The maximum absolute atomic E-state index is 2.30. The topological polar surface area (TPSA) is 0 Å². The smallest absolute Gasteiger partial charge is 0.00617 e. The predicted octanol–water partition coefficient (Wildman–Crippen LogP) is 4.47. The van der Waals surface area contributed by atoms with Crippen LogP contribution >= 0.6 is 11.8 Å². The number of benzene rings is 1. The van der Waals surface area contributed by atoms with Crippen LogP contribution in [0.15, 0.2) is 30.3 Å². The second-order valence-electron chi connectivity index (χ2n) is 4.36. The SMILES string of the molecule is c1ccc(C2CCCCCSCC2)cc1. The van der Waals surface area contributed by atoms with Crippen molar-refractivity contribution in [2.24, 2.45) is 0 Å². The fourth-order valence-electron chi connectivity index (χ4n) is 2.30. The molecule has 1 aliphatic rings. The first-order chi connectivity index (χ1) is 7.47. The normalized spacial score (nSPS) is 23.9. The van der Waals surface area contributed by atoms with E-state index in [0.29, 0.717) is 0 Å². The molecule has 0 bridgehead atoms. The minimum Gasteiger partial charge on any atom is -0.162 e. The van der Waals surface area contributed by atoms with Gasteiger partial charge in [-0.3, -0.25) is 0 Å². The Bertz CT molecular complexity index is 258. The molecule has 0 spiro atoms. The first kappa shape index (κ1) is 11.1. The van der Waals surface area contributed by atoms with E-state index >= 15 is 0 Å². The van der Waals surface area contributed by atoms with Crippen LogP contribution in [-0.4, -0.2) is 11.5 Å². The summed E-state index contributed by atoms with van der Waals surface area (Å²) in [5, 5.41) is 0. The average molecular weight is 220 g/mol. The zero-order valence-electron chi connectivity index (χ0n) is 9.32. The standard InChI is InChI=1S/C14H20S/c1-3-7-13(8-4-1)14-9-5-2-6-11-15-12-10-14/h1,3-4,7-8,14H,2,5-6,9-12H2. The van der Waals surface area contributed by atoms with E-state index in [1.807, 2.05) is 0 Å². The number of hydrogen-bond acceptors (Lipinski definition) is 1. The Morgan fingerprint density at radius 1 is 0.867 bits per heavy atom. The number of thioether (sulfide) groups is 1. The zero-order chi connectivity index (χ0) is 10.3. The molecule has 1 fully saturated rings. The van der Waals surface area contributed by atoms with Crippen LogP contribution in [0.3, 0.4) is 0 Å². The van der Waals surface area contributed by atoms with Crippen molar-refractivity contribution in [1.29, 1.82) is 0 Å². The van der Waals surface area contributed by atoms with Crippen LogP contribution in [0, 0.1) is 0 Å². The molecule has 1 aliphatic heterocycles. The summed E-state index contributed by atoms with van der Waals surface area (Å²) in [6.45, 7) is 0. The molecular formula is C14H20S. The molecule has 15 heavy (non-hydrogen) atoms. The third kappa shape index (κ3) is 3.57. The van der Waals surface area contributed by atoms with Crippen LogP contribution in [0.1, 0.15) is 43.6 Å². The Labute approximate surface area is 97.5 Å². The van der Waals surface area contributed by atoms with Crippen LogP contribution < -0.4 is 0 Å². The van der Waals surface area contributed by atoms with Crippen LogP contribution in [0.4, 0.5) is 0 Å². The Kier molecular flexibility index (Phi) is 4.59. The lowest BCUT2D eigenvalue weighted by molar-refractivity contribution is 0.562. The summed E-state index contributed by atoms with van der Waals surface area (Å²) in [6.07, 6.45) is 7.03. The Morgan fingerprint density at radius 2 is 1.73 bits per heavy atom. The Balaban J connectivity index is 1.99. The minimum absolute atomic E-state index is 0.816. The molecule has 0 aromatic heterocycles. The highest BCUT2D eigenvalue weighted by Crippen LogP contribution is 2.29. The van der Waals surface area contributed by atoms with Gasteiger partial charge in [-0.1, -0.05) is 43.2 Å². The molecule has 82 valence electrons. The van der Waals surface area contributed by atoms with Crippen molar-refractivity contribution < 1.29 is 0 Å². The zero-order valence-corrected chi connectivity index (χ0v) is 10.1. The maximum Gasteiger partial charge on any atom is -0.00617 e. The summed E-state index contributed by atoms with van der Waals surface area (Å²) < 4.78 is 0. The number of hydrogen-bond donors (Lipinski definition) is 0. The average Bonchev–Trinajstić information content (AvgIpc) is 2.43. The van der Waals surface area contributed by atoms with E-state index in [4.69, 9.17) is 0 Å². The van der Waals surface area contributed by atoms with Gasteiger partial charge in [-0.25, -0.2) is 0 Å². The van der Waals surface area contributed by atoms with E-state index < -0.39 is 0 Å². The Hall–Kier alpha value is -0.430. The summed E-state index contributed by atoms with van der Waals surface area (Å²) in [6, 6.07) is 11.1.